The third-order valence-corrected chi connectivity index (χ3v) is 5.43. The van der Waals surface area contributed by atoms with E-state index < -0.39 is 0 Å². The van der Waals surface area contributed by atoms with E-state index >= 15 is 0 Å². The second-order valence-electron chi connectivity index (χ2n) is 6.91. The fraction of sp³-hybridized carbons (Fsp3) is 0.444. The zero-order chi connectivity index (χ0) is 16.0. The number of carbonyl (C=O) groups is 2. The molecule has 0 unspecified atom stereocenters. The van der Waals surface area contributed by atoms with Crippen LogP contribution in [0.25, 0.3) is 10.9 Å². The topological polar surface area (TPSA) is 56.4 Å². The van der Waals surface area contributed by atoms with Crippen LogP contribution < -0.4 is 0 Å². The Bertz CT molecular complexity index is 763. The molecule has 1 aromatic carbocycles. The number of aromatic amines is 1. The van der Waals surface area contributed by atoms with E-state index in [0.29, 0.717) is 0 Å². The molecule has 0 radical (unpaired) electrons. The first kappa shape index (κ1) is 14.3. The molecule has 2 aliphatic heterocycles. The molecule has 1 spiro atoms. The van der Waals surface area contributed by atoms with E-state index in [9.17, 15) is 9.59 Å². The number of benzene rings is 1. The lowest BCUT2D eigenvalue weighted by Crippen LogP contribution is -2.61. The molecule has 5 nitrogen and oxygen atoms in total. The third kappa shape index (κ3) is 2.31. The van der Waals surface area contributed by atoms with Crippen molar-refractivity contribution in [3.8, 4) is 0 Å². The first-order chi connectivity index (χ1) is 11.1. The van der Waals surface area contributed by atoms with E-state index in [1.165, 1.54) is 0 Å². The highest BCUT2D eigenvalue weighted by molar-refractivity contribution is 6.06. The molecular formula is C18H21N3O2. The number of fused-ring (bicyclic) bond motifs is 1. The van der Waals surface area contributed by atoms with Crippen molar-refractivity contribution in [2.45, 2.75) is 19.8 Å². The number of likely N-dealkylation sites (tertiary alicyclic amines) is 2. The van der Waals surface area contributed by atoms with Crippen molar-refractivity contribution >= 4 is 22.7 Å². The molecule has 2 aliphatic rings. The van der Waals surface area contributed by atoms with E-state index in [1.54, 1.807) is 6.92 Å². The van der Waals surface area contributed by atoms with Crippen LogP contribution in [0.5, 0.6) is 0 Å². The zero-order valence-corrected chi connectivity index (χ0v) is 13.3. The number of hydrogen-bond acceptors (Lipinski definition) is 2. The Morgan fingerprint density at radius 2 is 1.83 bits per heavy atom. The summed E-state index contributed by atoms with van der Waals surface area (Å²) in [6.45, 7) is 4.91. The molecule has 23 heavy (non-hydrogen) atoms. The minimum atomic E-state index is 0.118. The number of rotatable bonds is 1. The highest BCUT2D eigenvalue weighted by Gasteiger charge is 2.46. The first-order valence-electron chi connectivity index (χ1n) is 8.19. The Hall–Kier alpha value is -2.30. The molecule has 0 saturated carbocycles. The molecule has 2 aromatic rings. The standard InChI is InChI=1S/C18H21N3O2/c1-13(22)21-11-18(12-21)6-9-20(10-7-18)17(23)15-3-2-4-16-14(15)5-8-19-16/h2-5,8,19H,6-7,9-12H2,1H3. The van der Waals surface area contributed by atoms with Gasteiger partial charge in [-0.05, 0) is 31.0 Å². The molecule has 2 saturated heterocycles. The van der Waals surface area contributed by atoms with Crippen molar-refractivity contribution in [3.05, 3.63) is 36.0 Å². The van der Waals surface area contributed by atoms with Gasteiger partial charge in [-0.2, -0.15) is 0 Å². The Morgan fingerprint density at radius 3 is 2.52 bits per heavy atom. The number of carbonyl (C=O) groups excluding carboxylic acids is 2. The van der Waals surface area contributed by atoms with Gasteiger partial charge in [0.25, 0.3) is 5.91 Å². The van der Waals surface area contributed by atoms with Crippen LogP contribution in [-0.2, 0) is 4.79 Å². The summed E-state index contributed by atoms with van der Waals surface area (Å²) in [7, 11) is 0. The van der Waals surface area contributed by atoms with Gasteiger partial charge in [0, 0.05) is 61.2 Å². The molecule has 1 N–H and O–H groups in total. The Morgan fingerprint density at radius 1 is 1.09 bits per heavy atom. The minimum absolute atomic E-state index is 0.118. The summed E-state index contributed by atoms with van der Waals surface area (Å²) >= 11 is 0. The molecule has 2 fully saturated rings. The summed E-state index contributed by atoms with van der Waals surface area (Å²) in [6, 6.07) is 7.78. The van der Waals surface area contributed by atoms with Crippen LogP contribution in [-0.4, -0.2) is 52.8 Å². The highest BCUT2D eigenvalue weighted by Crippen LogP contribution is 2.40. The van der Waals surface area contributed by atoms with Gasteiger partial charge in [0.1, 0.15) is 0 Å². The fourth-order valence-corrected chi connectivity index (χ4v) is 3.93. The van der Waals surface area contributed by atoms with Crippen LogP contribution in [0.1, 0.15) is 30.1 Å². The summed E-state index contributed by atoms with van der Waals surface area (Å²) < 4.78 is 0. The van der Waals surface area contributed by atoms with Crippen LogP contribution in [0.4, 0.5) is 0 Å². The van der Waals surface area contributed by atoms with E-state index in [4.69, 9.17) is 0 Å². The van der Waals surface area contributed by atoms with E-state index in [2.05, 4.69) is 4.98 Å². The second-order valence-corrected chi connectivity index (χ2v) is 6.91. The quantitative estimate of drug-likeness (QED) is 0.878. The molecule has 0 aliphatic carbocycles. The van der Waals surface area contributed by atoms with Crippen LogP contribution in [0, 0.1) is 5.41 Å². The van der Waals surface area contributed by atoms with Gasteiger partial charge in [0.05, 0.1) is 0 Å². The van der Waals surface area contributed by atoms with E-state index in [0.717, 1.165) is 55.5 Å². The van der Waals surface area contributed by atoms with Crippen molar-refractivity contribution < 1.29 is 9.59 Å². The molecule has 0 atom stereocenters. The van der Waals surface area contributed by atoms with E-state index in [-0.39, 0.29) is 17.2 Å². The van der Waals surface area contributed by atoms with Crippen molar-refractivity contribution in [2.75, 3.05) is 26.2 Å². The van der Waals surface area contributed by atoms with Crippen molar-refractivity contribution in [1.82, 2.24) is 14.8 Å². The monoisotopic (exact) mass is 311 g/mol. The van der Waals surface area contributed by atoms with Crippen LogP contribution >= 0.6 is 0 Å². The molecule has 120 valence electrons. The Balaban J connectivity index is 1.46. The van der Waals surface area contributed by atoms with Crippen molar-refractivity contribution in [3.63, 3.8) is 0 Å². The first-order valence-corrected chi connectivity index (χ1v) is 8.19. The summed E-state index contributed by atoms with van der Waals surface area (Å²) in [6.07, 6.45) is 3.86. The second kappa shape index (κ2) is 5.11. The minimum Gasteiger partial charge on any atom is -0.361 e. The molecule has 5 heteroatoms. The lowest BCUT2D eigenvalue weighted by atomic mass is 9.72. The Labute approximate surface area is 135 Å². The number of H-pyrrole nitrogens is 1. The molecule has 0 bridgehead atoms. The number of amides is 2. The van der Waals surface area contributed by atoms with Gasteiger partial charge < -0.3 is 14.8 Å². The lowest BCUT2D eigenvalue weighted by molar-refractivity contribution is -0.143. The van der Waals surface area contributed by atoms with Gasteiger partial charge in [-0.15, -0.1) is 0 Å². The van der Waals surface area contributed by atoms with Crippen molar-refractivity contribution in [1.29, 1.82) is 0 Å². The number of nitrogens with one attached hydrogen (secondary N) is 1. The largest absolute Gasteiger partial charge is 0.361 e. The highest BCUT2D eigenvalue weighted by atomic mass is 16.2. The van der Waals surface area contributed by atoms with Crippen LogP contribution in [0.15, 0.2) is 30.5 Å². The van der Waals surface area contributed by atoms with Gasteiger partial charge in [0.2, 0.25) is 5.91 Å². The summed E-state index contributed by atoms with van der Waals surface area (Å²) in [5, 5.41) is 0.990. The SMILES string of the molecule is CC(=O)N1CC2(CCN(C(=O)c3cccc4[nH]ccc34)CC2)C1. The number of piperidine rings is 1. The van der Waals surface area contributed by atoms with Crippen LogP contribution in [0.2, 0.25) is 0 Å². The zero-order valence-electron chi connectivity index (χ0n) is 13.3. The maximum absolute atomic E-state index is 12.8. The smallest absolute Gasteiger partial charge is 0.254 e. The molecule has 4 rings (SSSR count). The summed E-state index contributed by atoms with van der Waals surface area (Å²) in [5.74, 6) is 0.279. The molecule has 2 amide bonds. The maximum Gasteiger partial charge on any atom is 0.254 e. The van der Waals surface area contributed by atoms with Crippen molar-refractivity contribution in [2.24, 2.45) is 5.41 Å². The molecular weight excluding hydrogens is 290 g/mol. The number of hydrogen-bond donors (Lipinski definition) is 1. The van der Waals surface area contributed by atoms with Gasteiger partial charge in [-0.1, -0.05) is 6.07 Å². The van der Waals surface area contributed by atoms with Crippen LogP contribution in [0.3, 0.4) is 0 Å². The predicted molar refractivity (Wildman–Crippen MR) is 88.1 cm³/mol. The fourth-order valence-electron chi connectivity index (χ4n) is 3.93. The van der Waals surface area contributed by atoms with Gasteiger partial charge in [-0.25, -0.2) is 0 Å². The maximum atomic E-state index is 12.8. The third-order valence-electron chi connectivity index (χ3n) is 5.43. The molecule has 1 aromatic heterocycles. The predicted octanol–water partition coefficient (Wildman–Crippen LogP) is 2.25. The summed E-state index contributed by atoms with van der Waals surface area (Å²) in [4.78, 5) is 31.2. The molecule has 3 heterocycles. The Kier molecular flexibility index (Phi) is 3.18. The van der Waals surface area contributed by atoms with E-state index in [1.807, 2.05) is 40.3 Å². The number of aromatic nitrogens is 1. The normalized spacial score (nSPS) is 19.9. The summed E-state index contributed by atoms with van der Waals surface area (Å²) in [5.41, 5.74) is 2.03. The number of nitrogens with zero attached hydrogens (tertiary/aromatic N) is 2. The average Bonchev–Trinajstić information content (AvgIpc) is 3.00. The lowest BCUT2D eigenvalue weighted by Gasteiger charge is -2.53. The van der Waals surface area contributed by atoms with Gasteiger partial charge >= 0.3 is 0 Å². The average molecular weight is 311 g/mol. The van der Waals surface area contributed by atoms with Gasteiger partial charge in [0.15, 0.2) is 0 Å². The van der Waals surface area contributed by atoms with Gasteiger partial charge in [-0.3, -0.25) is 9.59 Å².